The Morgan fingerprint density at radius 1 is 0.920 bits per heavy atom. The maximum absolute atomic E-state index is 11.4. The van der Waals surface area contributed by atoms with Crippen LogP contribution in [0, 0.1) is 10.1 Å². The quantitative estimate of drug-likeness (QED) is 0.444. The molecule has 4 aromatic rings. The van der Waals surface area contributed by atoms with Crippen molar-refractivity contribution in [2.75, 3.05) is 0 Å². The predicted octanol–water partition coefficient (Wildman–Crippen LogP) is 4.46. The van der Waals surface area contributed by atoms with Crippen molar-refractivity contribution >= 4 is 27.4 Å². The van der Waals surface area contributed by atoms with Crippen molar-refractivity contribution in [1.82, 2.24) is 4.98 Å². The fraction of sp³-hybridized carbons (Fsp3) is 0.0500. The molecule has 0 aliphatic heterocycles. The van der Waals surface area contributed by atoms with Gasteiger partial charge in [0.15, 0.2) is 0 Å². The molecular weight excluding hydrogens is 316 g/mol. The first kappa shape index (κ1) is 15.2. The molecule has 0 saturated heterocycles. The number of aliphatic hydroxyl groups is 1. The van der Waals surface area contributed by atoms with Crippen molar-refractivity contribution < 1.29 is 10.0 Å². The van der Waals surface area contributed by atoms with E-state index in [0.717, 1.165) is 22.0 Å². The number of pyridine rings is 1. The lowest BCUT2D eigenvalue weighted by Gasteiger charge is -2.08. The lowest BCUT2D eigenvalue weighted by atomic mass is 10.0. The highest BCUT2D eigenvalue weighted by molar-refractivity contribution is 5.98. The van der Waals surface area contributed by atoms with Crippen molar-refractivity contribution in [1.29, 1.82) is 0 Å². The Labute approximate surface area is 143 Å². The van der Waals surface area contributed by atoms with Gasteiger partial charge in [0.05, 0.1) is 33.7 Å². The molecule has 0 bridgehead atoms. The first-order valence-electron chi connectivity index (χ1n) is 7.85. The fourth-order valence-corrected chi connectivity index (χ4v) is 3.18. The van der Waals surface area contributed by atoms with Gasteiger partial charge in [-0.25, -0.2) is 4.98 Å². The number of aliphatic hydroxyl groups excluding tert-OH is 1. The number of benzene rings is 3. The van der Waals surface area contributed by atoms with E-state index in [0.29, 0.717) is 10.9 Å². The summed E-state index contributed by atoms with van der Waals surface area (Å²) in [5.74, 6) is 0. The van der Waals surface area contributed by atoms with Crippen LogP contribution in [0.3, 0.4) is 0 Å². The summed E-state index contributed by atoms with van der Waals surface area (Å²) < 4.78 is 0. The topological polar surface area (TPSA) is 76.3 Å². The molecule has 0 amide bonds. The van der Waals surface area contributed by atoms with Crippen molar-refractivity contribution in [2.24, 2.45) is 0 Å². The van der Waals surface area contributed by atoms with Gasteiger partial charge in [-0.05, 0) is 35.0 Å². The third-order valence-electron chi connectivity index (χ3n) is 4.34. The Kier molecular flexibility index (Phi) is 3.63. The highest BCUT2D eigenvalue weighted by atomic mass is 16.6. The van der Waals surface area contributed by atoms with Crippen molar-refractivity contribution in [3.8, 4) is 11.3 Å². The maximum atomic E-state index is 11.4. The zero-order valence-corrected chi connectivity index (χ0v) is 13.2. The predicted molar refractivity (Wildman–Crippen MR) is 97.3 cm³/mol. The molecule has 0 fully saturated rings. The molecule has 122 valence electrons. The molecule has 0 atom stereocenters. The molecule has 1 N–H and O–H groups in total. The largest absolute Gasteiger partial charge is 0.391 e. The van der Waals surface area contributed by atoms with E-state index in [4.69, 9.17) is 0 Å². The number of fused-ring (bicyclic) bond motifs is 2. The third-order valence-corrected chi connectivity index (χ3v) is 4.34. The summed E-state index contributed by atoms with van der Waals surface area (Å²) in [4.78, 5) is 15.6. The van der Waals surface area contributed by atoms with E-state index in [1.54, 1.807) is 24.3 Å². The van der Waals surface area contributed by atoms with Gasteiger partial charge >= 0.3 is 0 Å². The van der Waals surface area contributed by atoms with Crippen LogP contribution in [-0.4, -0.2) is 15.0 Å². The van der Waals surface area contributed by atoms with Gasteiger partial charge in [0.25, 0.3) is 5.69 Å². The number of nitro benzene ring substituents is 1. The molecule has 4 rings (SSSR count). The maximum Gasteiger partial charge on any atom is 0.284 e. The Hall–Kier alpha value is -3.31. The smallest absolute Gasteiger partial charge is 0.284 e. The standard InChI is InChI=1S/C20H14N2O3/c23-12-14-8-10-19-17(20(14)22(24)25)9-11-18(21-19)16-7-3-5-13-4-1-2-6-15(13)16/h1-11,23H,12H2. The highest BCUT2D eigenvalue weighted by Crippen LogP contribution is 2.33. The van der Waals surface area contributed by atoms with Gasteiger partial charge in [0.1, 0.15) is 0 Å². The summed E-state index contributed by atoms with van der Waals surface area (Å²) in [5.41, 5.74) is 2.48. The zero-order chi connectivity index (χ0) is 17.4. The molecule has 0 saturated carbocycles. The van der Waals surface area contributed by atoms with E-state index in [9.17, 15) is 15.2 Å². The van der Waals surface area contributed by atoms with E-state index in [2.05, 4.69) is 4.98 Å². The molecule has 0 unspecified atom stereocenters. The minimum absolute atomic E-state index is 0.0861. The van der Waals surface area contributed by atoms with Crippen LogP contribution in [0.1, 0.15) is 5.56 Å². The number of hydrogen-bond acceptors (Lipinski definition) is 4. The van der Waals surface area contributed by atoms with E-state index in [-0.39, 0.29) is 17.9 Å². The van der Waals surface area contributed by atoms with Gasteiger partial charge in [-0.15, -0.1) is 0 Å². The number of nitrogens with zero attached hydrogens (tertiary/aromatic N) is 2. The van der Waals surface area contributed by atoms with E-state index in [1.165, 1.54) is 0 Å². The molecular formula is C20H14N2O3. The lowest BCUT2D eigenvalue weighted by molar-refractivity contribution is -0.384. The number of rotatable bonds is 3. The summed E-state index contributed by atoms with van der Waals surface area (Å²) in [5, 5.41) is 23.4. The van der Waals surface area contributed by atoms with Crippen LogP contribution in [0.5, 0.6) is 0 Å². The van der Waals surface area contributed by atoms with Gasteiger partial charge in [-0.1, -0.05) is 42.5 Å². The Bertz CT molecular complexity index is 1120. The summed E-state index contributed by atoms with van der Waals surface area (Å²) in [6, 6.07) is 20.8. The van der Waals surface area contributed by atoms with Gasteiger partial charge in [0.2, 0.25) is 0 Å². The van der Waals surface area contributed by atoms with Crippen LogP contribution in [0.15, 0.2) is 66.7 Å². The van der Waals surface area contributed by atoms with Gasteiger partial charge in [-0.3, -0.25) is 10.1 Å². The number of nitro groups is 1. The average Bonchev–Trinajstić information content (AvgIpc) is 2.66. The Morgan fingerprint density at radius 2 is 1.72 bits per heavy atom. The molecule has 5 nitrogen and oxygen atoms in total. The van der Waals surface area contributed by atoms with E-state index >= 15 is 0 Å². The first-order chi connectivity index (χ1) is 12.2. The fourth-order valence-electron chi connectivity index (χ4n) is 3.18. The Balaban J connectivity index is 1.97. The number of aromatic nitrogens is 1. The van der Waals surface area contributed by atoms with Crippen LogP contribution in [-0.2, 0) is 6.61 Å². The second-order valence-corrected chi connectivity index (χ2v) is 5.78. The zero-order valence-electron chi connectivity index (χ0n) is 13.2. The normalized spacial score (nSPS) is 11.1. The lowest BCUT2D eigenvalue weighted by Crippen LogP contribution is -1.98. The molecule has 0 radical (unpaired) electrons. The molecule has 3 aromatic carbocycles. The van der Waals surface area contributed by atoms with Gasteiger partial charge < -0.3 is 5.11 Å². The van der Waals surface area contributed by atoms with Crippen LogP contribution in [0.2, 0.25) is 0 Å². The summed E-state index contributed by atoms with van der Waals surface area (Å²) in [6.07, 6.45) is 0. The van der Waals surface area contributed by atoms with Crippen LogP contribution < -0.4 is 0 Å². The van der Waals surface area contributed by atoms with Crippen LogP contribution in [0.25, 0.3) is 32.9 Å². The minimum atomic E-state index is -0.465. The van der Waals surface area contributed by atoms with Gasteiger partial charge in [0, 0.05) is 5.56 Å². The summed E-state index contributed by atoms with van der Waals surface area (Å²) in [7, 11) is 0. The van der Waals surface area contributed by atoms with E-state index < -0.39 is 4.92 Å². The average molecular weight is 330 g/mol. The van der Waals surface area contributed by atoms with E-state index in [1.807, 2.05) is 42.5 Å². The SMILES string of the molecule is O=[N+]([O-])c1c(CO)ccc2nc(-c3cccc4ccccc34)ccc12. The second-order valence-electron chi connectivity index (χ2n) is 5.78. The molecule has 0 aliphatic carbocycles. The van der Waals surface area contributed by atoms with Crippen molar-refractivity contribution in [3.05, 3.63) is 82.4 Å². The molecule has 5 heteroatoms. The molecule has 25 heavy (non-hydrogen) atoms. The monoisotopic (exact) mass is 330 g/mol. The molecule has 0 aliphatic rings. The summed E-state index contributed by atoms with van der Waals surface area (Å²) >= 11 is 0. The minimum Gasteiger partial charge on any atom is -0.391 e. The van der Waals surface area contributed by atoms with Gasteiger partial charge in [-0.2, -0.15) is 0 Å². The highest BCUT2D eigenvalue weighted by Gasteiger charge is 2.19. The number of hydrogen-bond donors (Lipinski definition) is 1. The first-order valence-corrected chi connectivity index (χ1v) is 7.85. The van der Waals surface area contributed by atoms with Crippen molar-refractivity contribution in [2.45, 2.75) is 6.61 Å². The van der Waals surface area contributed by atoms with Crippen LogP contribution >= 0.6 is 0 Å². The molecule has 0 spiro atoms. The molecule has 1 aromatic heterocycles. The van der Waals surface area contributed by atoms with Crippen molar-refractivity contribution in [3.63, 3.8) is 0 Å². The second kappa shape index (κ2) is 5.96. The third kappa shape index (κ3) is 2.51. The Morgan fingerprint density at radius 3 is 2.52 bits per heavy atom. The molecule has 1 heterocycles. The summed E-state index contributed by atoms with van der Waals surface area (Å²) in [6.45, 7) is -0.378. The van der Waals surface area contributed by atoms with Crippen LogP contribution in [0.4, 0.5) is 5.69 Å².